The van der Waals surface area contributed by atoms with E-state index in [-0.39, 0.29) is 17.7 Å². The van der Waals surface area contributed by atoms with Gasteiger partial charge in [-0.2, -0.15) is 5.10 Å². The topological polar surface area (TPSA) is 122 Å². The van der Waals surface area contributed by atoms with Gasteiger partial charge in [-0.25, -0.2) is 18.4 Å². The molecule has 1 atom stereocenters. The van der Waals surface area contributed by atoms with E-state index >= 15 is 0 Å². The number of aliphatic hydroxyl groups is 1. The second-order valence-corrected chi connectivity index (χ2v) is 7.40. The van der Waals surface area contributed by atoms with Crippen LogP contribution in [0.15, 0.2) is 59.9 Å². The molecule has 0 fully saturated rings. The first-order chi connectivity index (χ1) is 15.8. The molecule has 170 valence electrons. The summed E-state index contributed by atoms with van der Waals surface area (Å²) in [6.45, 7) is -0.780. The molecule has 0 aliphatic heterocycles. The number of pyridine rings is 1. The summed E-state index contributed by atoms with van der Waals surface area (Å²) in [4.78, 5) is 31.7. The average molecular weight is 455 g/mol. The van der Waals surface area contributed by atoms with Gasteiger partial charge in [0.05, 0.1) is 25.7 Å². The Bertz CT molecular complexity index is 1370. The van der Waals surface area contributed by atoms with Crippen LogP contribution in [-0.2, 0) is 12.1 Å². The molecule has 0 aliphatic carbocycles. The van der Waals surface area contributed by atoms with E-state index in [2.05, 4.69) is 20.4 Å². The van der Waals surface area contributed by atoms with Crippen molar-refractivity contribution in [2.24, 2.45) is 0 Å². The number of nitrogens with zero attached hydrogens (tertiary/aromatic N) is 3. The van der Waals surface area contributed by atoms with Gasteiger partial charge >= 0.3 is 0 Å². The van der Waals surface area contributed by atoms with Gasteiger partial charge in [0.25, 0.3) is 11.5 Å². The SMILES string of the molecule is COc1ccc2cc(C(=O)NCC(O)(Cn3cncn3)c3ccc(F)cc3F)c(=O)[nH]c2c1. The first kappa shape index (κ1) is 22.1. The Morgan fingerprint density at radius 1 is 1.24 bits per heavy atom. The Labute approximate surface area is 185 Å². The van der Waals surface area contributed by atoms with E-state index in [1.165, 1.54) is 30.5 Å². The maximum Gasteiger partial charge on any atom is 0.261 e. The molecule has 9 nitrogen and oxygen atoms in total. The van der Waals surface area contributed by atoms with Crippen molar-refractivity contribution in [2.75, 3.05) is 13.7 Å². The van der Waals surface area contributed by atoms with Crippen molar-refractivity contribution in [3.8, 4) is 5.75 Å². The number of carbonyl (C=O) groups is 1. The van der Waals surface area contributed by atoms with Gasteiger partial charge in [-0.1, -0.05) is 6.07 Å². The van der Waals surface area contributed by atoms with Gasteiger partial charge in [0.2, 0.25) is 0 Å². The second-order valence-electron chi connectivity index (χ2n) is 7.40. The highest BCUT2D eigenvalue weighted by atomic mass is 19.1. The van der Waals surface area contributed by atoms with Gasteiger partial charge in [-0.05, 0) is 29.7 Å². The van der Waals surface area contributed by atoms with Crippen molar-refractivity contribution in [1.29, 1.82) is 0 Å². The lowest BCUT2D eigenvalue weighted by molar-refractivity contribution is 0.0120. The molecular weight excluding hydrogens is 436 g/mol. The Kier molecular flexibility index (Phi) is 5.88. The number of amides is 1. The normalized spacial score (nSPS) is 13.0. The van der Waals surface area contributed by atoms with Crippen LogP contribution in [0.4, 0.5) is 8.78 Å². The molecule has 0 radical (unpaired) electrons. The highest BCUT2D eigenvalue weighted by Gasteiger charge is 2.34. The third-order valence-electron chi connectivity index (χ3n) is 5.16. The van der Waals surface area contributed by atoms with Crippen LogP contribution in [0.1, 0.15) is 15.9 Å². The van der Waals surface area contributed by atoms with E-state index in [1.54, 1.807) is 18.2 Å². The number of hydrogen-bond acceptors (Lipinski definition) is 6. The maximum absolute atomic E-state index is 14.5. The number of halogens is 2. The molecule has 2 heterocycles. The molecule has 0 saturated heterocycles. The summed E-state index contributed by atoms with van der Waals surface area (Å²) in [7, 11) is 1.49. The van der Waals surface area contributed by atoms with E-state index in [4.69, 9.17) is 4.74 Å². The van der Waals surface area contributed by atoms with Gasteiger partial charge in [0.15, 0.2) is 0 Å². The third-order valence-corrected chi connectivity index (χ3v) is 5.16. The van der Waals surface area contributed by atoms with Crippen LogP contribution in [-0.4, -0.2) is 44.4 Å². The van der Waals surface area contributed by atoms with E-state index < -0.39 is 35.2 Å². The minimum absolute atomic E-state index is 0.199. The zero-order chi connectivity index (χ0) is 23.6. The zero-order valence-corrected chi connectivity index (χ0v) is 17.4. The molecule has 0 bridgehead atoms. The number of H-pyrrole nitrogens is 1. The first-order valence-corrected chi connectivity index (χ1v) is 9.79. The van der Waals surface area contributed by atoms with Crippen molar-refractivity contribution in [3.05, 3.63) is 88.2 Å². The molecule has 0 saturated carbocycles. The van der Waals surface area contributed by atoms with Gasteiger partial charge in [0, 0.05) is 17.7 Å². The first-order valence-electron chi connectivity index (χ1n) is 9.79. The fourth-order valence-electron chi connectivity index (χ4n) is 3.48. The standard InChI is InChI=1S/C22H19F2N5O4/c1-33-15-4-2-13-6-16(21(31)28-19(13)8-15)20(30)26-9-22(32,10-29-12-25-11-27-29)17-5-3-14(23)7-18(17)24/h2-8,11-12,32H,9-10H2,1H3,(H,26,30)(H,28,31). The molecule has 1 amide bonds. The predicted octanol–water partition coefficient (Wildman–Crippen LogP) is 1.72. The Morgan fingerprint density at radius 2 is 2.06 bits per heavy atom. The van der Waals surface area contributed by atoms with E-state index in [0.29, 0.717) is 22.7 Å². The molecule has 2 aromatic carbocycles. The van der Waals surface area contributed by atoms with Crippen LogP contribution in [0.3, 0.4) is 0 Å². The van der Waals surface area contributed by atoms with Crippen LogP contribution in [0, 0.1) is 11.6 Å². The molecule has 1 unspecified atom stereocenters. The van der Waals surface area contributed by atoms with Gasteiger partial charge in [-0.15, -0.1) is 0 Å². The lowest BCUT2D eigenvalue weighted by Crippen LogP contribution is -2.45. The Morgan fingerprint density at radius 3 is 2.76 bits per heavy atom. The van der Waals surface area contributed by atoms with Gasteiger partial charge in [0.1, 0.15) is 41.2 Å². The number of methoxy groups -OCH3 is 1. The Hall–Kier alpha value is -4.12. The summed E-state index contributed by atoms with van der Waals surface area (Å²) in [5, 5.41) is 18.2. The number of carbonyl (C=O) groups excluding carboxylic acids is 1. The molecule has 2 aromatic heterocycles. The molecule has 11 heteroatoms. The van der Waals surface area contributed by atoms with Crippen molar-refractivity contribution < 1.29 is 23.4 Å². The number of benzene rings is 2. The van der Waals surface area contributed by atoms with E-state index in [9.17, 15) is 23.5 Å². The van der Waals surface area contributed by atoms with Crippen LogP contribution >= 0.6 is 0 Å². The highest BCUT2D eigenvalue weighted by molar-refractivity contribution is 5.97. The van der Waals surface area contributed by atoms with Crippen molar-refractivity contribution in [2.45, 2.75) is 12.1 Å². The summed E-state index contributed by atoms with van der Waals surface area (Å²) in [5.74, 6) is -2.06. The zero-order valence-electron chi connectivity index (χ0n) is 17.4. The molecule has 0 spiro atoms. The summed E-state index contributed by atoms with van der Waals surface area (Å²) in [6, 6.07) is 9.08. The minimum Gasteiger partial charge on any atom is -0.497 e. The largest absolute Gasteiger partial charge is 0.497 e. The smallest absolute Gasteiger partial charge is 0.261 e. The maximum atomic E-state index is 14.5. The fourth-order valence-corrected chi connectivity index (χ4v) is 3.48. The molecule has 33 heavy (non-hydrogen) atoms. The monoisotopic (exact) mass is 455 g/mol. The lowest BCUT2D eigenvalue weighted by atomic mass is 9.92. The lowest BCUT2D eigenvalue weighted by Gasteiger charge is -2.29. The molecule has 4 rings (SSSR count). The van der Waals surface area contributed by atoms with Crippen molar-refractivity contribution in [3.63, 3.8) is 0 Å². The molecule has 3 N–H and O–H groups in total. The Balaban J connectivity index is 1.63. The number of rotatable bonds is 7. The summed E-state index contributed by atoms with van der Waals surface area (Å²) in [6.07, 6.45) is 2.53. The van der Waals surface area contributed by atoms with Gasteiger partial charge in [-0.3, -0.25) is 9.59 Å². The molecule has 4 aromatic rings. The average Bonchev–Trinajstić information content (AvgIpc) is 3.29. The second kappa shape index (κ2) is 8.79. The number of aromatic amines is 1. The number of aromatic nitrogens is 4. The van der Waals surface area contributed by atoms with Crippen molar-refractivity contribution >= 4 is 16.8 Å². The quantitative estimate of drug-likeness (QED) is 0.390. The number of fused-ring (bicyclic) bond motifs is 1. The summed E-state index contributed by atoms with van der Waals surface area (Å²) >= 11 is 0. The summed E-state index contributed by atoms with van der Waals surface area (Å²) < 4.78 is 34.3. The third kappa shape index (κ3) is 4.58. The van der Waals surface area contributed by atoms with Crippen LogP contribution in [0.5, 0.6) is 5.75 Å². The highest BCUT2D eigenvalue weighted by Crippen LogP contribution is 2.26. The minimum atomic E-state index is -2.02. The molecular formula is C22H19F2N5O4. The number of hydrogen-bond donors (Lipinski definition) is 3. The predicted molar refractivity (Wildman–Crippen MR) is 114 cm³/mol. The summed E-state index contributed by atoms with van der Waals surface area (Å²) in [5.41, 5.74) is -2.64. The number of ether oxygens (including phenoxy) is 1. The van der Waals surface area contributed by atoms with Crippen LogP contribution < -0.4 is 15.6 Å². The fraction of sp³-hybridized carbons (Fsp3) is 0.182. The number of nitrogens with one attached hydrogen (secondary N) is 2. The van der Waals surface area contributed by atoms with Crippen LogP contribution in [0.25, 0.3) is 10.9 Å². The molecule has 0 aliphatic rings. The van der Waals surface area contributed by atoms with E-state index in [0.717, 1.165) is 12.1 Å². The van der Waals surface area contributed by atoms with Gasteiger partial charge < -0.3 is 20.1 Å². The van der Waals surface area contributed by atoms with Crippen molar-refractivity contribution in [1.82, 2.24) is 25.1 Å². The van der Waals surface area contributed by atoms with E-state index in [1.807, 2.05) is 0 Å². The van der Waals surface area contributed by atoms with Crippen LogP contribution in [0.2, 0.25) is 0 Å².